The number of nitrogens with one attached hydrogen (secondary N) is 1. The van der Waals surface area contributed by atoms with Gasteiger partial charge in [-0.25, -0.2) is 0 Å². The molecule has 2 rings (SSSR count). The van der Waals surface area contributed by atoms with Crippen LogP contribution in [0.5, 0.6) is 0 Å². The zero-order valence-corrected chi connectivity index (χ0v) is 10.7. The molecule has 2 saturated heterocycles. The molecule has 2 aliphatic rings. The van der Waals surface area contributed by atoms with E-state index in [1.54, 1.807) is 4.90 Å². The fourth-order valence-corrected chi connectivity index (χ4v) is 2.77. The molecule has 0 saturated carbocycles. The lowest BCUT2D eigenvalue weighted by molar-refractivity contribution is -0.145. The predicted molar refractivity (Wildman–Crippen MR) is 65.7 cm³/mol. The van der Waals surface area contributed by atoms with Crippen molar-refractivity contribution < 1.29 is 14.3 Å². The Morgan fingerprint density at radius 2 is 2.28 bits per heavy atom. The fourth-order valence-electron chi connectivity index (χ4n) is 2.77. The van der Waals surface area contributed by atoms with Crippen LogP contribution in [0.3, 0.4) is 0 Å². The molecular weight excluding hydrogens is 234 g/mol. The normalized spacial score (nSPS) is 32.5. The van der Waals surface area contributed by atoms with Gasteiger partial charge in [-0.15, -0.1) is 0 Å². The van der Waals surface area contributed by atoms with E-state index in [1.807, 2.05) is 6.92 Å². The molecule has 0 aromatic rings. The Kier molecular flexibility index (Phi) is 4.19. The summed E-state index contributed by atoms with van der Waals surface area (Å²) in [7, 11) is 0. The molecule has 6 nitrogen and oxygen atoms in total. The molecule has 0 bridgehead atoms. The summed E-state index contributed by atoms with van der Waals surface area (Å²) < 4.78 is 5.54. The molecule has 0 aromatic heterocycles. The maximum Gasteiger partial charge on any atom is 0.241 e. The van der Waals surface area contributed by atoms with Crippen LogP contribution in [0, 0.1) is 5.92 Å². The van der Waals surface area contributed by atoms with E-state index in [2.05, 4.69) is 5.32 Å². The molecule has 2 heterocycles. The van der Waals surface area contributed by atoms with Crippen molar-refractivity contribution in [2.75, 3.05) is 26.2 Å². The Balaban J connectivity index is 2.08. The molecule has 3 atom stereocenters. The van der Waals surface area contributed by atoms with Crippen molar-refractivity contribution in [2.24, 2.45) is 11.7 Å². The topological polar surface area (TPSA) is 84.7 Å². The number of rotatable bonds is 3. The first-order valence-electron chi connectivity index (χ1n) is 6.57. The van der Waals surface area contributed by atoms with E-state index in [4.69, 9.17) is 10.5 Å². The van der Waals surface area contributed by atoms with Gasteiger partial charge in [0, 0.05) is 26.2 Å². The van der Waals surface area contributed by atoms with Crippen molar-refractivity contribution in [2.45, 2.75) is 31.9 Å². The Morgan fingerprint density at radius 1 is 1.50 bits per heavy atom. The first-order chi connectivity index (χ1) is 8.65. The van der Waals surface area contributed by atoms with E-state index in [9.17, 15) is 9.59 Å². The van der Waals surface area contributed by atoms with Crippen LogP contribution in [0.15, 0.2) is 0 Å². The SMILES string of the molecule is CCC1OCCC1C(=O)N1CCNCC1C(N)=O. The summed E-state index contributed by atoms with van der Waals surface area (Å²) in [5, 5.41) is 3.09. The Labute approximate surface area is 107 Å². The maximum absolute atomic E-state index is 12.5. The molecule has 2 amide bonds. The first-order valence-corrected chi connectivity index (χ1v) is 6.57. The van der Waals surface area contributed by atoms with E-state index in [0.29, 0.717) is 26.2 Å². The number of nitrogens with two attached hydrogens (primary N) is 1. The third-order valence-electron chi connectivity index (χ3n) is 3.78. The highest BCUT2D eigenvalue weighted by Gasteiger charge is 2.39. The number of carbonyl (C=O) groups is 2. The molecule has 2 aliphatic heterocycles. The van der Waals surface area contributed by atoms with Crippen LogP contribution in [-0.2, 0) is 14.3 Å². The standard InChI is InChI=1S/C12H21N3O3/c1-2-10-8(3-6-18-10)12(17)15-5-4-14-7-9(15)11(13)16/h8-10,14H,2-7H2,1H3,(H2,13,16). The van der Waals surface area contributed by atoms with Gasteiger partial charge in [0.2, 0.25) is 11.8 Å². The zero-order chi connectivity index (χ0) is 13.1. The van der Waals surface area contributed by atoms with Crippen LogP contribution in [0.1, 0.15) is 19.8 Å². The zero-order valence-electron chi connectivity index (χ0n) is 10.7. The minimum atomic E-state index is -0.524. The van der Waals surface area contributed by atoms with E-state index in [1.165, 1.54) is 0 Å². The van der Waals surface area contributed by atoms with E-state index < -0.39 is 11.9 Å². The fraction of sp³-hybridized carbons (Fsp3) is 0.833. The van der Waals surface area contributed by atoms with Gasteiger partial charge in [0.05, 0.1) is 12.0 Å². The molecule has 0 aromatic carbocycles. The van der Waals surface area contributed by atoms with Gasteiger partial charge in [0.25, 0.3) is 0 Å². The second-order valence-electron chi connectivity index (χ2n) is 4.87. The summed E-state index contributed by atoms with van der Waals surface area (Å²) >= 11 is 0. The van der Waals surface area contributed by atoms with Gasteiger partial charge in [0.15, 0.2) is 0 Å². The minimum absolute atomic E-state index is 0.0130. The largest absolute Gasteiger partial charge is 0.377 e. The van der Waals surface area contributed by atoms with Crippen LogP contribution in [0.2, 0.25) is 0 Å². The average molecular weight is 255 g/mol. The number of nitrogens with zero attached hydrogens (tertiary/aromatic N) is 1. The lowest BCUT2D eigenvalue weighted by Crippen LogP contribution is -2.60. The third-order valence-corrected chi connectivity index (χ3v) is 3.78. The second-order valence-corrected chi connectivity index (χ2v) is 4.87. The van der Waals surface area contributed by atoms with Crippen molar-refractivity contribution in [3.05, 3.63) is 0 Å². The lowest BCUT2D eigenvalue weighted by atomic mass is 9.96. The Hall–Kier alpha value is -1.14. The number of primary amides is 1. The van der Waals surface area contributed by atoms with E-state index >= 15 is 0 Å². The van der Waals surface area contributed by atoms with E-state index in [0.717, 1.165) is 12.8 Å². The molecule has 6 heteroatoms. The van der Waals surface area contributed by atoms with Gasteiger partial charge in [-0.3, -0.25) is 9.59 Å². The van der Waals surface area contributed by atoms with E-state index in [-0.39, 0.29) is 17.9 Å². The summed E-state index contributed by atoms with van der Waals surface area (Å²) in [6, 6.07) is -0.524. The van der Waals surface area contributed by atoms with Gasteiger partial charge in [0.1, 0.15) is 6.04 Å². The predicted octanol–water partition coefficient (Wildman–Crippen LogP) is -0.913. The van der Waals surface area contributed by atoms with Crippen LogP contribution in [0.4, 0.5) is 0 Å². The molecule has 3 N–H and O–H groups in total. The molecule has 102 valence electrons. The monoisotopic (exact) mass is 255 g/mol. The molecule has 2 fully saturated rings. The Morgan fingerprint density at radius 3 is 2.94 bits per heavy atom. The number of hydrogen-bond acceptors (Lipinski definition) is 4. The third kappa shape index (κ3) is 2.49. The smallest absolute Gasteiger partial charge is 0.241 e. The summed E-state index contributed by atoms with van der Waals surface area (Å²) in [5.74, 6) is -0.540. The summed E-state index contributed by atoms with van der Waals surface area (Å²) in [5.41, 5.74) is 5.36. The van der Waals surface area contributed by atoms with Crippen molar-refractivity contribution in [3.8, 4) is 0 Å². The summed E-state index contributed by atoms with van der Waals surface area (Å²) in [6.07, 6.45) is 1.55. The number of hydrogen-bond donors (Lipinski definition) is 2. The molecule has 18 heavy (non-hydrogen) atoms. The van der Waals surface area contributed by atoms with Crippen LogP contribution in [0.25, 0.3) is 0 Å². The number of carbonyl (C=O) groups excluding carboxylic acids is 2. The van der Waals surface area contributed by atoms with Crippen molar-refractivity contribution >= 4 is 11.8 Å². The molecule has 3 unspecified atom stereocenters. The van der Waals surface area contributed by atoms with Gasteiger partial charge >= 0.3 is 0 Å². The van der Waals surface area contributed by atoms with Crippen LogP contribution >= 0.6 is 0 Å². The van der Waals surface area contributed by atoms with Gasteiger partial charge in [-0.2, -0.15) is 0 Å². The van der Waals surface area contributed by atoms with Crippen LogP contribution in [-0.4, -0.2) is 55.1 Å². The first kappa shape index (κ1) is 13.3. The molecule has 0 aliphatic carbocycles. The molecule has 0 radical (unpaired) electrons. The van der Waals surface area contributed by atoms with Crippen molar-refractivity contribution in [1.82, 2.24) is 10.2 Å². The summed E-state index contributed by atoms with van der Waals surface area (Å²) in [4.78, 5) is 25.5. The van der Waals surface area contributed by atoms with Crippen LogP contribution < -0.4 is 11.1 Å². The van der Waals surface area contributed by atoms with Crippen molar-refractivity contribution in [1.29, 1.82) is 0 Å². The van der Waals surface area contributed by atoms with Gasteiger partial charge in [-0.05, 0) is 12.8 Å². The van der Waals surface area contributed by atoms with Crippen molar-refractivity contribution in [3.63, 3.8) is 0 Å². The molecule has 0 spiro atoms. The highest BCUT2D eigenvalue weighted by Crippen LogP contribution is 2.26. The van der Waals surface area contributed by atoms with Gasteiger partial charge < -0.3 is 20.7 Å². The Bertz CT molecular complexity index is 335. The second kappa shape index (κ2) is 5.67. The summed E-state index contributed by atoms with van der Waals surface area (Å²) in [6.45, 7) is 4.34. The van der Waals surface area contributed by atoms with Gasteiger partial charge in [-0.1, -0.05) is 6.92 Å². The highest BCUT2D eigenvalue weighted by molar-refractivity contribution is 5.88. The number of amides is 2. The molecular formula is C12H21N3O3. The average Bonchev–Trinajstić information content (AvgIpc) is 2.86. The maximum atomic E-state index is 12.5. The highest BCUT2D eigenvalue weighted by atomic mass is 16.5. The quantitative estimate of drug-likeness (QED) is 0.683. The minimum Gasteiger partial charge on any atom is -0.377 e. The number of ether oxygens (including phenoxy) is 1. The lowest BCUT2D eigenvalue weighted by Gasteiger charge is -2.36. The number of piperazine rings is 1.